The predicted molar refractivity (Wildman–Crippen MR) is 72.6 cm³/mol. The maximum atomic E-state index is 4.54. The third-order valence-corrected chi connectivity index (χ3v) is 3.25. The summed E-state index contributed by atoms with van der Waals surface area (Å²) in [5, 5.41) is 10.2. The molecule has 0 saturated carbocycles. The fourth-order valence-electron chi connectivity index (χ4n) is 2.09. The van der Waals surface area contributed by atoms with Crippen molar-refractivity contribution in [3.63, 3.8) is 0 Å². The summed E-state index contributed by atoms with van der Waals surface area (Å²) in [6.45, 7) is 2.01. The van der Waals surface area contributed by atoms with Crippen LogP contribution in [-0.4, -0.2) is 26.8 Å². The molecule has 3 rings (SSSR count). The lowest BCUT2D eigenvalue weighted by Gasteiger charge is -1.99. The minimum atomic E-state index is 0.835. The summed E-state index contributed by atoms with van der Waals surface area (Å²) in [6, 6.07) is 8.23. The van der Waals surface area contributed by atoms with Gasteiger partial charge in [-0.2, -0.15) is 5.10 Å². The van der Waals surface area contributed by atoms with Crippen LogP contribution in [0.4, 0.5) is 5.82 Å². The number of benzene rings is 1. The highest BCUT2D eigenvalue weighted by molar-refractivity contribution is 5.82. The summed E-state index contributed by atoms with van der Waals surface area (Å²) in [6.07, 6.45) is 0. The van der Waals surface area contributed by atoms with Crippen LogP contribution in [0.15, 0.2) is 24.3 Å². The van der Waals surface area contributed by atoms with Gasteiger partial charge >= 0.3 is 0 Å². The van der Waals surface area contributed by atoms with E-state index in [0.717, 1.165) is 33.9 Å². The fraction of sp³-hybridized carbons (Fsp3) is 0.231. The van der Waals surface area contributed by atoms with E-state index in [4.69, 9.17) is 0 Å². The summed E-state index contributed by atoms with van der Waals surface area (Å²) in [4.78, 5) is 4.54. The normalized spacial score (nSPS) is 11.1. The van der Waals surface area contributed by atoms with Gasteiger partial charge in [0.05, 0.1) is 16.7 Å². The van der Waals surface area contributed by atoms with Crippen LogP contribution < -0.4 is 5.32 Å². The summed E-state index contributed by atoms with van der Waals surface area (Å²) in [5.41, 5.74) is 4.23. The lowest BCUT2D eigenvalue weighted by atomic mass is 10.1. The van der Waals surface area contributed by atoms with Crippen molar-refractivity contribution in [1.82, 2.24) is 19.7 Å². The molecule has 18 heavy (non-hydrogen) atoms. The number of aryl methyl sites for hydroxylation is 2. The Morgan fingerprint density at radius 3 is 2.83 bits per heavy atom. The SMILES string of the molecule is CNc1cc(-c2ccc3c(c2)nc(C)n3C)[nH]n1. The van der Waals surface area contributed by atoms with Crippen molar-refractivity contribution in [2.24, 2.45) is 7.05 Å². The zero-order valence-electron chi connectivity index (χ0n) is 10.7. The summed E-state index contributed by atoms with van der Waals surface area (Å²) in [7, 11) is 3.88. The number of nitrogens with zero attached hydrogens (tertiary/aromatic N) is 3. The number of aromatic nitrogens is 4. The highest BCUT2D eigenvalue weighted by Gasteiger charge is 2.07. The monoisotopic (exact) mass is 241 g/mol. The molecule has 2 aromatic heterocycles. The fourth-order valence-corrected chi connectivity index (χ4v) is 2.09. The summed E-state index contributed by atoms with van der Waals surface area (Å²) >= 11 is 0. The van der Waals surface area contributed by atoms with Crippen molar-refractivity contribution >= 4 is 16.9 Å². The summed E-state index contributed by atoms with van der Waals surface area (Å²) < 4.78 is 2.09. The number of H-pyrrole nitrogens is 1. The molecule has 0 bridgehead atoms. The Balaban J connectivity index is 2.13. The van der Waals surface area contributed by atoms with Crippen LogP contribution >= 0.6 is 0 Å². The highest BCUT2D eigenvalue weighted by Crippen LogP contribution is 2.24. The van der Waals surface area contributed by atoms with Crippen LogP contribution in [0.2, 0.25) is 0 Å². The van der Waals surface area contributed by atoms with Gasteiger partial charge in [0.15, 0.2) is 0 Å². The van der Waals surface area contributed by atoms with E-state index in [0.29, 0.717) is 0 Å². The molecule has 3 aromatic rings. The second-order valence-corrected chi connectivity index (χ2v) is 4.34. The van der Waals surface area contributed by atoms with Crippen LogP contribution in [0.25, 0.3) is 22.3 Å². The Hall–Kier alpha value is -2.30. The van der Waals surface area contributed by atoms with Gasteiger partial charge in [-0.3, -0.25) is 5.10 Å². The van der Waals surface area contributed by atoms with E-state index >= 15 is 0 Å². The lowest BCUT2D eigenvalue weighted by Crippen LogP contribution is -1.89. The predicted octanol–water partition coefficient (Wildman–Crippen LogP) is 2.31. The molecule has 0 aliphatic carbocycles. The third-order valence-electron chi connectivity index (χ3n) is 3.25. The molecule has 0 aliphatic rings. The maximum Gasteiger partial charge on any atom is 0.148 e. The maximum absolute atomic E-state index is 4.54. The average molecular weight is 241 g/mol. The number of nitrogens with one attached hydrogen (secondary N) is 2. The molecule has 0 aliphatic heterocycles. The molecule has 0 spiro atoms. The Labute approximate surface area is 105 Å². The number of rotatable bonds is 2. The number of fused-ring (bicyclic) bond motifs is 1. The quantitative estimate of drug-likeness (QED) is 0.724. The first kappa shape index (κ1) is 10.8. The van der Waals surface area contributed by atoms with Crippen LogP contribution in [0.5, 0.6) is 0 Å². The van der Waals surface area contributed by atoms with Crippen molar-refractivity contribution in [3.05, 3.63) is 30.1 Å². The number of hydrogen-bond donors (Lipinski definition) is 2. The molecule has 0 unspecified atom stereocenters. The van der Waals surface area contributed by atoms with Crippen LogP contribution in [0, 0.1) is 6.92 Å². The summed E-state index contributed by atoms with van der Waals surface area (Å²) in [5.74, 6) is 1.85. The van der Waals surface area contributed by atoms with Gasteiger partial charge in [0.1, 0.15) is 11.6 Å². The highest BCUT2D eigenvalue weighted by atomic mass is 15.2. The van der Waals surface area contributed by atoms with Gasteiger partial charge in [-0.25, -0.2) is 4.98 Å². The molecule has 5 nitrogen and oxygen atoms in total. The Morgan fingerprint density at radius 2 is 2.11 bits per heavy atom. The number of anilines is 1. The molecule has 0 amide bonds. The Kier molecular flexibility index (Phi) is 2.33. The number of imidazole rings is 1. The first-order valence-corrected chi connectivity index (χ1v) is 5.85. The largest absolute Gasteiger partial charge is 0.372 e. The smallest absolute Gasteiger partial charge is 0.148 e. The lowest BCUT2D eigenvalue weighted by molar-refractivity contribution is 0.886. The van der Waals surface area contributed by atoms with Crippen molar-refractivity contribution < 1.29 is 0 Å². The van der Waals surface area contributed by atoms with E-state index in [1.165, 1.54) is 0 Å². The molecule has 2 heterocycles. The molecule has 0 atom stereocenters. The molecule has 1 aromatic carbocycles. The minimum absolute atomic E-state index is 0.835. The van der Waals surface area contributed by atoms with Gasteiger partial charge in [-0.05, 0) is 19.1 Å². The molecule has 5 heteroatoms. The van der Waals surface area contributed by atoms with Gasteiger partial charge in [0.25, 0.3) is 0 Å². The Morgan fingerprint density at radius 1 is 1.28 bits per heavy atom. The van der Waals surface area contributed by atoms with Crippen LogP contribution in [0.1, 0.15) is 5.82 Å². The molecule has 92 valence electrons. The van der Waals surface area contributed by atoms with E-state index in [1.807, 2.05) is 27.1 Å². The van der Waals surface area contributed by atoms with Crippen LogP contribution in [-0.2, 0) is 7.05 Å². The standard InChI is InChI=1S/C13H15N5/c1-8-15-11-6-9(4-5-12(11)18(8)3)10-7-13(14-2)17-16-10/h4-7H,1-3H3,(H2,14,16,17). The molecule has 0 fully saturated rings. The van der Waals surface area contributed by atoms with Crippen LogP contribution in [0.3, 0.4) is 0 Å². The van der Waals surface area contributed by atoms with Gasteiger partial charge in [-0.1, -0.05) is 6.07 Å². The molecule has 2 N–H and O–H groups in total. The minimum Gasteiger partial charge on any atom is -0.372 e. The van der Waals surface area contributed by atoms with Gasteiger partial charge in [0.2, 0.25) is 0 Å². The number of aromatic amines is 1. The van der Waals surface area contributed by atoms with E-state index in [2.05, 4.69) is 43.3 Å². The molecule has 0 saturated heterocycles. The molecular weight excluding hydrogens is 226 g/mol. The van der Waals surface area contributed by atoms with E-state index < -0.39 is 0 Å². The van der Waals surface area contributed by atoms with Gasteiger partial charge < -0.3 is 9.88 Å². The third kappa shape index (κ3) is 1.55. The molecular formula is C13H15N5. The van der Waals surface area contributed by atoms with E-state index in [9.17, 15) is 0 Å². The van der Waals surface area contributed by atoms with Crippen molar-refractivity contribution in [1.29, 1.82) is 0 Å². The molecule has 0 radical (unpaired) electrons. The van der Waals surface area contributed by atoms with Gasteiger partial charge in [0, 0.05) is 25.7 Å². The van der Waals surface area contributed by atoms with Crippen molar-refractivity contribution in [3.8, 4) is 11.3 Å². The number of hydrogen-bond acceptors (Lipinski definition) is 3. The van der Waals surface area contributed by atoms with Crippen molar-refractivity contribution in [2.45, 2.75) is 6.92 Å². The zero-order chi connectivity index (χ0) is 12.7. The second kappa shape index (κ2) is 3.87. The first-order valence-electron chi connectivity index (χ1n) is 5.85. The van der Waals surface area contributed by atoms with Crippen molar-refractivity contribution in [2.75, 3.05) is 12.4 Å². The topological polar surface area (TPSA) is 58.5 Å². The average Bonchev–Trinajstić information content (AvgIpc) is 2.95. The Bertz CT molecular complexity index is 707. The second-order valence-electron chi connectivity index (χ2n) is 4.34. The zero-order valence-corrected chi connectivity index (χ0v) is 10.7. The van der Waals surface area contributed by atoms with E-state index in [-0.39, 0.29) is 0 Å². The first-order chi connectivity index (χ1) is 8.69. The van der Waals surface area contributed by atoms with E-state index in [1.54, 1.807) is 0 Å². The van der Waals surface area contributed by atoms with Gasteiger partial charge in [-0.15, -0.1) is 0 Å².